The van der Waals surface area contributed by atoms with Crippen molar-refractivity contribution in [2.24, 2.45) is 7.05 Å². The predicted molar refractivity (Wildman–Crippen MR) is 59.5 cm³/mol. The average molecular weight is 239 g/mol. The van der Waals surface area contributed by atoms with E-state index >= 15 is 0 Å². The standard InChI is InChI=1S/C10H10FN3O3/c1-3-13-4-6(11)9-8(10(13)15)7(14(16)17)5-12(9)2/h4-5H,3H2,1-2H3. The molecule has 0 unspecified atom stereocenters. The second-order valence-electron chi connectivity index (χ2n) is 3.67. The SMILES string of the molecule is CCn1cc(F)c2c(c([N+](=O)[O-])cn2C)c1=O. The molecule has 0 saturated heterocycles. The smallest absolute Gasteiger partial charge is 0.300 e. The molecule has 0 bridgehead atoms. The molecule has 0 atom stereocenters. The van der Waals surface area contributed by atoms with Crippen LogP contribution < -0.4 is 5.56 Å². The first kappa shape index (κ1) is 11.3. The van der Waals surface area contributed by atoms with Crippen LogP contribution >= 0.6 is 0 Å². The minimum Gasteiger partial charge on any atom is -0.342 e. The summed E-state index contributed by atoms with van der Waals surface area (Å²) in [5.41, 5.74) is -0.947. The molecule has 0 fully saturated rings. The molecular formula is C10H10FN3O3. The Bertz CT molecular complexity index is 671. The van der Waals surface area contributed by atoms with Crippen molar-refractivity contribution in [2.75, 3.05) is 0 Å². The topological polar surface area (TPSA) is 70.1 Å². The monoisotopic (exact) mass is 239 g/mol. The Hall–Kier alpha value is -2.18. The van der Waals surface area contributed by atoms with Crippen molar-refractivity contribution in [3.8, 4) is 0 Å². The molecule has 6 nitrogen and oxygen atoms in total. The minimum absolute atomic E-state index is 0.0357. The number of hydrogen-bond acceptors (Lipinski definition) is 3. The van der Waals surface area contributed by atoms with E-state index in [9.17, 15) is 19.3 Å². The normalized spacial score (nSPS) is 11.0. The molecule has 2 heterocycles. The third kappa shape index (κ3) is 1.50. The second-order valence-corrected chi connectivity index (χ2v) is 3.67. The van der Waals surface area contributed by atoms with Crippen LogP contribution in [0.25, 0.3) is 10.9 Å². The summed E-state index contributed by atoms with van der Waals surface area (Å²) >= 11 is 0. The molecule has 2 aromatic rings. The number of pyridine rings is 1. The van der Waals surface area contributed by atoms with Gasteiger partial charge in [0.1, 0.15) is 5.39 Å². The molecule has 90 valence electrons. The lowest BCUT2D eigenvalue weighted by Crippen LogP contribution is -2.20. The largest absolute Gasteiger partial charge is 0.342 e. The van der Waals surface area contributed by atoms with E-state index in [1.165, 1.54) is 11.6 Å². The zero-order valence-electron chi connectivity index (χ0n) is 9.31. The molecule has 2 aromatic heterocycles. The van der Waals surface area contributed by atoms with Gasteiger partial charge >= 0.3 is 0 Å². The van der Waals surface area contributed by atoms with E-state index in [0.717, 1.165) is 17.0 Å². The van der Waals surface area contributed by atoms with E-state index in [-0.39, 0.29) is 23.1 Å². The lowest BCUT2D eigenvalue weighted by atomic mass is 10.3. The fraction of sp³-hybridized carbons (Fsp3) is 0.300. The highest BCUT2D eigenvalue weighted by Crippen LogP contribution is 2.25. The van der Waals surface area contributed by atoms with Crippen LogP contribution in [0.1, 0.15) is 6.92 Å². The first-order valence-corrected chi connectivity index (χ1v) is 4.99. The maximum atomic E-state index is 13.7. The van der Waals surface area contributed by atoms with Crippen LogP contribution in [0, 0.1) is 15.9 Å². The molecule has 0 aromatic carbocycles. The third-order valence-electron chi connectivity index (χ3n) is 2.67. The van der Waals surface area contributed by atoms with Gasteiger partial charge in [-0.1, -0.05) is 0 Å². The number of fused-ring (bicyclic) bond motifs is 1. The Morgan fingerprint density at radius 1 is 1.47 bits per heavy atom. The van der Waals surface area contributed by atoms with Gasteiger partial charge in [0, 0.05) is 19.8 Å². The zero-order valence-corrected chi connectivity index (χ0v) is 9.31. The van der Waals surface area contributed by atoms with Crippen LogP contribution in [0.5, 0.6) is 0 Å². The van der Waals surface area contributed by atoms with Crippen molar-refractivity contribution in [3.05, 3.63) is 38.7 Å². The summed E-state index contributed by atoms with van der Waals surface area (Å²) < 4.78 is 16.1. The van der Waals surface area contributed by atoms with E-state index in [4.69, 9.17) is 0 Å². The van der Waals surface area contributed by atoms with Gasteiger partial charge in [-0.2, -0.15) is 0 Å². The summed E-state index contributed by atoms with van der Waals surface area (Å²) in [6.07, 6.45) is 2.21. The van der Waals surface area contributed by atoms with Crippen LogP contribution in [0.15, 0.2) is 17.2 Å². The van der Waals surface area contributed by atoms with Gasteiger partial charge in [0.05, 0.1) is 16.6 Å². The van der Waals surface area contributed by atoms with Gasteiger partial charge < -0.3 is 9.13 Å². The van der Waals surface area contributed by atoms with Gasteiger partial charge in [0.15, 0.2) is 5.82 Å². The number of aryl methyl sites for hydroxylation is 2. The van der Waals surface area contributed by atoms with Gasteiger partial charge in [0.2, 0.25) is 0 Å². The first-order chi connectivity index (χ1) is 7.97. The first-order valence-electron chi connectivity index (χ1n) is 4.99. The van der Waals surface area contributed by atoms with Crippen LogP contribution in [0.4, 0.5) is 10.1 Å². The number of rotatable bonds is 2. The number of halogens is 1. The molecule has 17 heavy (non-hydrogen) atoms. The maximum Gasteiger partial charge on any atom is 0.300 e. The van der Waals surface area contributed by atoms with Crippen molar-refractivity contribution in [1.29, 1.82) is 0 Å². The zero-order chi connectivity index (χ0) is 12.7. The van der Waals surface area contributed by atoms with Gasteiger partial charge in [-0.15, -0.1) is 0 Å². The summed E-state index contributed by atoms with van der Waals surface area (Å²) in [5.74, 6) is -0.642. The highest BCUT2D eigenvalue weighted by Gasteiger charge is 2.23. The van der Waals surface area contributed by atoms with Crippen LogP contribution in [0.2, 0.25) is 0 Å². The molecule has 0 N–H and O–H groups in total. The van der Waals surface area contributed by atoms with Gasteiger partial charge in [-0.3, -0.25) is 14.9 Å². The Morgan fingerprint density at radius 2 is 2.12 bits per heavy atom. The summed E-state index contributed by atoms with van der Waals surface area (Å²) in [6.45, 7) is 1.93. The minimum atomic E-state index is -0.677. The Labute approximate surface area is 95.0 Å². The lowest BCUT2D eigenvalue weighted by molar-refractivity contribution is -0.383. The number of aromatic nitrogens is 2. The molecular weight excluding hydrogens is 229 g/mol. The second kappa shape index (κ2) is 3.69. The van der Waals surface area contributed by atoms with Crippen molar-refractivity contribution in [2.45, 2.75) is 13.5 Å². The number of nitro groups is 1. The van der Waals surface area contributed by atoms with E-state index < -0.39 is 16.3 Å². The quantitative estimate of drug-likeness (QED) is 0.587. The van der Waals surface area contributed by atoms with E-state index in [2.05, 4.69) is 0 Å². The molecule has 0 amide bonds. The third-order valence-corrected chi connectivity index (χ3v) is 2.67. The van der Waals surface area contributed by atoms with Crippen molar-refractivity contribution >= 4 is 16.6 Å². The average Bonchev–Trinajstić information content (AvgIpc) is 2.62. The van der Waals surface area contributed by atoms with E-state index in [0.29, 0.717) is 0 Å². The molecule has 0 radical (unpaired) electrons. The lowest BCUT2D eigenvalue weighted by Gasteiger charge is -2.03. The summed E-state index contributed by atoms with van der Waals surface area (Å²) in [7, 11) is 1.47. The highest BCUT2D eigenvalue weighted by atomic mass is 19.1. The van der Waals surface area contributed by atoms with Crippen molar-refractivity contribution in [1.82, 2.24) is 9.13 Å². The van der Waals surface area contributed by atoms with Crippen LogP contribution in [0.3, 0.4) is 0 Å². The summed E-state index contributed by atoms with van der Waals surface area (Å²) in [4.78, 5) is 22.1. The summed E-state index contributed by atoms with van der Waals surface area (Å²) in [6, 6.07) is 0. The molecule has 0 aliphatic rings. The molecule has 0 aliphatic heterocycles. The number of hydrogen-bond donors (Lipinski definition) is 0. The van der Waals surface area contributed by atoms with Gasteiger partial charge in [-0.25, -0.2) is 4.39 Å². The Kier molecular flexibility index (Phi) is 2.45. The fourth-order valence-electron chi connectivity index (χ4n) is 1.88. The Balaban J connectivity index is 3.04. The molecule has 0 aliphatic carbocycles. The van der Waals surface area contributed by atoms with Gasteiger partial charge in [0.25, 0.3) is 11.2 Å². The number of nitrogens with zero attached hydrogens (tertiary/aromatic N) is 3. The molecule has 2 rings (SSSR count). The van der Waals surface area contributed by atoms with Gasteiger partial charge in [-0.05, 0) is 6.92 Å². The van der Waals surface area contributed by atoms with Crippen molar-refractivity contribution < 1.29 is 9.31 Å². The predicted octanol–water partition coefficient (Wildman–Crippen LogP) is 1.41. The Morgan fingerprint density at radius 3 is 2.65 bits per heavy atom. The fourth-order valence-corrected chi connectivity index (χ4v) is 1.88. The van der Waals surface area contributed by atoms with E-state index in [1.807, 2.05) is 0 Å². The molecule has 7 heteroatoms. The van der Waals surface area contributed by atoms with Crippen LogP contribution in [-0.2, 0) is 13.6 Å². The van der Waals surface area contributed by atoms with Crippen LogP contribution in [-0.4, -0.2) is 14.1 Å². The molecule has 0 spiro atoms. The maximum absolute atomic E-state index is 13.7. The summed E-state index contributed by atoms with van der Waals surface area (Å²) in [5, 5.41) is 10.6. The highest BCUT2D eigenvalue weighted by molar-refractivity contribution is 5.89. The molecule has 0 saturated carbocycles. The van der Waals surface area contributed by atoms with E-state index in [1.54, 1.807) is 6.92 Å². The van der Waals surface area contributed by atoms with Crippen molar-refractivity contribution in [3.63, 3.8) is 0 Å².